The summed E-state index contributed by atoms with van der Waals surface area (Å²) in [6.45, 7) is 5.75. The van der Waals surface area contributed by atoms with Crippen molar-refractivity contribution in [1.29, 1.82) is 0 Å². The van der Waals surface area contributed by atoms with Crippen LogP contribution in [0.4, 0.5) is 0 Å². The quantitative estimate of drug-likeness (QED) is 0.855. The molecule has 1 aromatic heterocycles. The summed E-state index contributed by atoms with van der Waals surface area (Å²) in [7, 11) is 1.88. The minimum atomic E-state index is 0.0294. The van der Waals surface area contributed by atoms with E-state index in [-0.39, 0.29) is 11.3 Å². The number of rotatable bonds is 2. The predicted octanol–water partition coefficient (Wildman–Crippen LogP) is 2.92. The van der Waals surface area contributed by atoms with Crippen molar-refractivity contribution in [3.05, 3.63) is 53.6 Å². The van der Waals surface area contributed by atoms with E-state index in [1.165, 1.54) is 5.56 Å². The van der Waals surface area contributed by atoms with Crippen LogP contribution in [0.2, 0.25) is 0 Å². The second-order valence-electron chi connectivity index (χ2n) is 6.55. The van der Waals surface area contributed by atoms with Crippen molar-refractivity contribution in [3.63, 3.8) is 0 Å². The summed E-state index contributed by atoms with van der Waals surface area (Å²) < 4.78 is 1.83. The summed E-state index contributed by atoms with van der Waals surface area (Å²) in [6.07, 6.45) is 3.86. The molecule has 0 spiro atoms. The number of aromatic nitrogens is 2. The van der Waals surface area contributed by atoms with E-state index < -0.39 is 0 Å². The summed E-state index contributed by atoms with van der Waals surface area (Å²) >= 11 is 0. The molecule has 0 radical (unpaired) electrons. The van der Waals surface area contributed by atoms with E-state index in [2.05, 4.69) is 36.2 Å². The fourth-order valence-corrected chi connectivity index (χ4v) is 3.49. The largest absolute Gasteiger partial charge is 0.336 e. The number of hydrogen-bond acceptors (Lipinski definition) is 2. The van der Waals surface area contributed by atoms with Gasteiger partial charge < -0.3 is 9.47 Å². The lowest BCUT2D eigenvalue weighted by Gasteiger charge is -2.41. The highest BCUT2D eigenvalue weighted by molar-refractivity contribution is 5.93. The van der Waals surface area contributed by atoms with Gasteiger partial charge in [-0.05, 0) is 25.3 Å². The molecular weight excluding hydrogens is 274 g/mol. The first kappa shape index (κ1) is 14.8. The Labute approximate surface area is 131 Å². The Morgan fingerprint density at radius 2 is 2.00 bits per heavy atom. The zero-order valence-corrected chi connectivity index (χ0v) is 13.5. The molecule has 1 aromatic carbocycles. The molecule has 1 amide bonds. The van der Waals surface area contributed by atoms with Gasteiger partial charge in [0.25, 0.3) is 5.91 Å². The Morgan fingerprint density at radius 3 is 2.64 bits per heavy atom. The molecule has 1 aliphatic rings. The van der Waals surface area contributed by atoms with Crippen molar-refractivity contribution in [2.45, 2.75) is 32.1 Å². The average Bonchev–Trinajstić information content (AvgIpc) is 2.86. The maximum Gasteiger partial charge on any atom is 0.272 e. The van der Waals surface area contributed by atoms with Crippen molar-refractivity contribution in [2.24, 2.45) is 7.05 Å². The number of aryl methyl sites for hydroxylation is 2. The van der Waals surface area contributed by atoms with Crippen molar-refractivity contribution in [2.75, 3.05) is 13.1 Å². The van der Waals surface area contributed by atoms with E-state index in [1.807, 2.05) is 29.5 Å². The van der Waals surface area contributed by atoms with Crippen LogP contribution in [-0.4, -0.2) is 33.4 Å². The smallest absolute Gasteiger partial charge is 0.272 e. The lowest BCUT2D eigenvalue weighted by Crippen LogP contribution is -2.47. The molecule has 1 atom stereocenters. The minimum Gasteiger partial charge on any atom is -0.336 e. The van der Waals surface area contributed by atoms with Crippen molar-refractivity contribution >= 4 is 5.91 Å². The third-order valence-corrected chi connectivity index (χ3v) is 4.78. The van der Waals surface area contributed by atoms with Gasteiger partial charge in [0, 0.05) is 25.6 Å². The van der Waals surface area contributed by atoms with Crippen LogP contribution in [0.1, 0.15) is 41.5 Å². The number of hydrogen-bond donors (Lipinski definition) is 0. The first-order valence-corrected chi connectivity index (χ1v) is 7.84. The topological polar surface area (TPSA) is 38.1 Å². The zero-order chi connectivity index (χ0) is 15.7. The molecule has 0 aliphatic carbocycles. The summed E-state index contributed by atoms with van der Waals surface area (Å²) in [4.78, 5) is 19.1. The van der Waals surface area contributed by atoms with E-state index in [4.69, 9.17) is 0 Å². The molecule has 3 rings (SSSR count). The van der Waals surface area contributed by atoms with Gasteiger partial charge in [-0.1, -0.05) is 37.3 Å². The third kappa shape index (κ3) is 2.54. The fraction of sp³-hybridized carbons (Fsp3) is 0.444. The Bertz CT molecular complexity index is 657. The number of benzene rings is 1. The van der Waals surface area contributed by atoms with E-state index in [9.17, 15) is 4.79 Å². The Kier molecular flexibility index (Phi) is 3.77. The normalized spacial score (nSPS) is 21.9. The van der Waals surface area contributed by atoms with Gasteiger partial charge >= 0.3 is 0 Å². The van der Waals surface area contributed by atoms with Crippen LogP contribution in [0.25, 0.3) is 0 Å². The minimum absolute atomic E-state index is 0.0294. The molecule has 2 heterocycles. The molecular formula is C18H23N3O. The molecule has 1 fully saturated rings. The van der Waals surface area contributed by atoms with Crippen LogP contribution < -0.4 is 0 Å². The molecule has 22 heavy (non-hydrogen) atoms. The number of carbonyl (C=O) groups is 1. The number of amides is 1. The van der Waals surface area contributed by atoms with Gasteiger partial charge in [0.2, 0.25) is 0 Å². The first-order chi connectivity index (χ1) is 10.5. The number of imidazole rings is 1. The number of likely N-dealkylation sites (tertiary alicyclic amines) is 1. The highest BCUT2D eigenvalue weighted by atomic mass is 16.2. The predicted molar refractivity (Wildman–Crippen MR) is 86.9 cm³/mol. The highest BCUT2D eigenvalue weighted by Gasteiger charge is 2.35. The maximum absolute atomic E-state index is 12.9. The lowest BCUT2D eigenvalue weighted by molar-refractivity contribution is 0.0640. The Hall–Kier alpha value is -2.10. The zero-order valence-electron chi connectivity index (χ0n) is 13.5. The molecule has 2 aromatic rings. The van der Waals surface area contributed by atoms with E-state index in [1.54, 1.807) is 6.33 Å². The standard InChI is InChI=1S/C18H23N3O/c1-14-16(20(3)13-19-14)17(22)21-11-7-10-18(2,12-21)15-8-5-4-6-9-15/h4-6,8-9,13H,7,10-12H2,1-3H3. The molecule has 1 unspecified atom stereocenters. The SMILES string of the molecule is Cc1ncn(C)c1C(=O)N1CCCC(C)(c2ccccc2)C1. The summed E-state index contributed by atoms with van der Waals surface area (Å²) in [5.74, 6) is 0.0966. The lowest BCUT2D eigenvalue weighted by atomic mass is 9.76. The van der Waals surface area contributed by atoms with Gasteiger partial charge in [-0.15, -0.1) is 0 Å². The van der Waals surface area contributed by atoms with Gasteiger partial charge in [-0.25, -0.2) is 4.98 Å². The summed E-state index contributed by atoms with van der Waals surface area (Å²) in [5, 5.41) is 0. The van der Waals surface area contributed by atoms with E-state index in [0.29, 0.717) is 5.69 Å². The average molecular weight is 297 g/mol. The molecule has 4 heteroatoms. The molecule has 0 bridgehead atoms. The summed E-state index contributed by atoms with van der Waals surface area (Å²) in [6, 6.07) is 10.5. The van der Waals surface area contributed by atoms with Crippen LogP contribution in [0, 0.1) is 6.92 Å². The van der Waals surface area contributed by atoms with E-state index in [0.717, 1.165) is 31.6 Å². The van der Waals surface area contributed by atoms with Gasteiger partial charge in [0.15, 0.2) is 0 Å². The van der Waals surface area contributed by atoms with Gasteiger partial charge in [-0.2, -0.15) is 0 Å². The Morgan fingerprint density at radius 1 is 1.27 bits per heavy atom. The van der Waals surface area contributed by atoms with Gasteiger partial charge in [-0.3, -0.25) is 4.79 Å². The number of carbonyl (C=O) groups excluding carboxylic acids is 1. The number of nitrogens with zero attached hydrogens (tertiary/aromatic N) is 3. The van der Waals surface area contributed by atoms with Crippen LogP contribution in [-0.2, 0) is 12.5 Å². The van der Waals surface area contributed by atoms with Crippen molar-refractivity contribution in [3.8, 4) is 0 Å². The molecule has 0 saturated carbocycles. The summed E-state index contributed by atoms with van der Waals surface area (Å²) in [5.41, 5.74) is 2.85. The van der Waals surface area contributed by atoms with Crippen molar-refractivity contribution < 1.29 is 4.79 Å². The van der Waals surface area contributed by atoms with Gasteiger partial charge in [0.05, 0.1) is 12.0 Å². The number of piperidine rings is 1. The molecule has 116 valence electrons. The monoisotopic (exact) mass is 297 g/mol. The third-order valence-electron chi connectivity index (χ3n) is 4.78. The van der Waals surface area contributed by atoms with E-state index >= 15 is 0 Å². The van der Waals surface area contributed by atoms with Crippen LogP contribution >= 0.6 is 0 Å². The molecule has 1 aliphatic heterocycles. The second kappa shape index (κ2) is 5.59. The Balaban J connectivity index is 1.86. The highest BCUT2D eigenvalue weighted by Crippen LogP contribution is 2.34. The van der Waals surface area contributed by atoms with Crippen LogP contribution in [0.3, 0.4) is 0 Å². The van der Waals surface area contributed by atoms with Crippen LogP contribution in [0.15, 0.2) is 36.7 Å². The van der Waals surface area contributed by atoms with Gasteiger partial charge in [0.1, 0.15) is 5.69 Å². The maximum atomic E-state index is 12.9. The van der Waals surface area contributed by atoms with Crippen LogP contribution in [0.5, 0.6) is 0 Å². The molecule has 4 nitrogen and oxygen atoms in total. The second-order valence-corrected chi connectivity index (χ2v) is 6.55. The molecule has 1 saturated heterocycles. The first-order valence-electron chi connectivity index (χ1n) is 7.84. The fourth-order valence-electron chi connectivity index (χ4n) is 3.49. The van der Waals surface area contributed by atoms with Crippen molar-refractivity contribution in [1.82, 2.24) is 14.5 Å². The molecule has 0 N–H and O–H groups in total.